The minimum absolute atomic E-state index is 0.0171. The molecule has 1 amide bonds. The lowest BCUT2D eigenvalue weighted by molar-refractivity contribution is -0.821. The van der Waals surface area contributed by atoms with Gasteiger partial charge in [-0.1, -0.05) is 4.80 Å². The van der Waals surface area contributed by atoms with Crippen molar-refractivity contribution in [3.63, 3.8) is 0 Å². The summed E-state index contributed by atoms with van der Waals surface area (Å²) in [5, 5.41) is 14.1. The van der Waals surface area contributed by atoms with Crippen molar-refractivity contribution >= 4 is 15.7 Å². The molecule has 1 aliphatic heterocycles. The molecular formula is C15H20N5O3S+. The summed E-state index contributed by atoms with van der Waals surface area (Å²) in [5.74, 6) is 0.439. The van der Waals surface area contributed by atoms with E-state index in [1.165, 1.54) is 0 Å². The Morgan fingerprint density at radius 2 is 2.04 bits per heavy atom. The SMILES string of the molecule is CC(C)[n+]1nc(-c2ccc(C(=O)N[C@H]3CCS(=O)(=O)C3)cc2)n[nH]1. The first-order valence-corrected chi connectivity index (χ1v) is 9.62. The summed E-state index contributed by atoms with van der Waals surface area (Å²) in [6.45, 7) is 3.98. The number of amides is 1. The van der Waals surface area contributed by atoms with Gasteiger partial charge in [-0.2, -0.15) is 0 Å². The number of aromatic nitrogens is 4. The van der Waals surface area contributed by atoms with Gasteiger partial charge in [0.2, 0.25) is 0 Å². The average Bonchev–Trinajstić information content (AvgIpc) is 3.14. The number of H-pyrrole nitrogens is 1. The lowest BCUT2D eigenvalue weighted by Gasteiger charge is -2.10. The van der Waals surface area contributed by atoms with Crippen molar-refractivity contribution in [2.24, 2.45) is 0 Å². The van der Waals surface area contributed by atoms with Crippen LogP contribution in [0.15, 0.2) is 24.3 Å². The van der Waals surface area contributed by atoms with Gasteiger partial charge in [0.15, 0.2) is 9.84 Å². The molecule has 0 unspecified atom stereocenters. The van der Waals surface area contributed by atoms with Crippen LogP contribution in [0.25, 0.3) is 11.4 Å². The van der Waals surface area contributed by atoms with Gasteiger partial charge in [0, 0.05) is 11.6 Å². The van der Waals surface area contributed by atoms with Crippen molar-refractivity contribution in [3.8, 4) is 11.4 Å². The number of benzene rings is 1. The summed E-state index contributed by atoms with van der Waals surface area (Å²) < 4.78 is 22.9. The fourth-order valence-electron chi connectivity index (χ4n) is 2.55. The van der Waals surface area contributed by atoms with Crippen LogP contribution in [0.3, 0.4) is 0 Å². The number of sulfone groups is 1. The average molecular weight is 350 g/mol. The highest BCUT2D eigenvalue weighted by Gasteiger charge is 2.29. The number of carbonyl (C=O) groups is 1. The Morgan fingerprint density at radius 1 is 1.33 bits per heavy atom. The van der Waals surface area contributed by atoms with Gasteiger partial charge < -0.3 is 5.32 Å². The van der Waals surface area contributed by atoms with Crippen LogP contribution in [0.1, 0.15) is 36.7 Å². The zero-order chi connectivity index (χ0) is 17.3. The first-order valence-electron chi connectivity index (χ1n) is 7.80. The molecule has 24 heavy (non-hydrogen) atoms. The normalized spacial score (nSPS) is 19.5. The van der Waals surface area contributed by atoms with Gasteiger partial charge in [0.1, 0.15) is 6.04 Å². The number of nitrogens with one attached hydrogen (secondary N) is 2. The van der Waals surface area contributed by atoms with Gasteiger partial charge in [0.25, 0.3) is 5.91 Å². The standard InChI is InChI=1S/C15H19N5O3S/c1-10(2)20-18-14(17-19-20)11-3-5-12(6-4-11)15(21)16-13-7-8-24(22,23)9-13/h3-6,10,13H,7-9H2,1-2H3,(H,16,21)/p+1/t13-/m0/s1. The third-order valence-corrected chi connectivity index (χ3v) is 5.69. The predicted octanol–water partition coefficient (Wildman–Crippen LogP) is 0.257. The van der Waals surface area contributed by atoms with E-state index in [1.54, 1.807) is 29.1 Å². The van der Waals surface area contributed by atoms with Gasteiger partial charge >= 0.3 is 5.82 Å². The summed E-state index contributed by atoms with van der Waals surface area (Å²) in [5.41, 5.74) is 1.28. The summed E-state index contributed by atoms with van der Waals surface area (Å²) in [6, 6.07) is 6.79. The first kappa shape index (κ1) is 16.6. The number of rotatable bonds is 4. The number of carbonyl (C=O) groups excluding carboxylic acids is 1. The Hall–Kier alpha value is -2.29. The Kier molecular flexibility index (Phi) is 4.35. The molecule has 0 spiro atoms. The maximum absolute atomic E-state index is 12.2. The third kappa shape index (κ3) is 3.61. The van der Waals surface area contributed by atoms with Crippen molar-refractivity contribution < 1.29 is 18.0 Å². The molecule has 2 heterocycles. The Bertz CT molecular complexity index is 842. The molecule has 128 valence electrons. The van der Waals surface area contributed by atoms with Crippen molar-refractivity contribution in [1.82, 2.24) is 20.7 Å². The summed E-state index contributed by atoms with van der Waals surface area (Å²) >= 11 is 0. The van der Waals surface area contributed by atoms with Gasteiger partial charge in [-0.25, -0.2) is 8.42 Å². The molecular weight excluding hydrogens is 330 g/mol. The van der Waals surface area contributed by atoms with Crippen LogP contribution in [0.5, 0.6) is 0 Å². The van der Waals surface area contributed by atoms with Gasteiger partial charge in [-0.05, 0) is 54.8 Å². The zero-order valence-electron chi connectivity index (χ0n) is 13.6. The maximum atomic E-state index is 12.2. The van der Waals surface area contributed by atoms with E-state index in [0.717, 1.165) is 5.56 Å². The van der Waals surface area contributed by atoms with Crippen molar-refractivity contribution in [2.45, 2.75) is 32.4 Å². The van der Waals surface area contributed by atoms with Crippen molar-refractivity contribution in [1.29, 1.82) is 0 Å². The molecule has 2 aromatic rings. The van der Waals surface area contributed by atoms with E-state index in [4.69, 9.17) is 0 Å². The lowest BCUT2D eigenvalue weighted by atomic mass is 10.1. The monoisotopic (exact) mass is 350 g/mol. The van der Waals surface area contributed by atoms with E-state index in [0.29, 0.717) is 17.8 Å². The van der Waals surface area contributed by atoms with Gasteiger partial charge in [0.05, 0.1) is 22.2 Å². The molecule has 1 aliphatic rings. The molecule has 1 aromatic heterocycles. The molecule has 8 nitrogen and oxygen atoms in total. The van der Waals surface area contributed by atoms with Crippen LogP contribution in [-0.2, 0) is 9.84 Å². The van der Waals surface area contributed by atoms with E-state index < -0.39 is 9.84 Å². The molecule has 0 aliphatic carbocycles. The quantitative estimate of drug-likeness (QED) is 0.769. The van der Waals surface area contributed by atoms with E-state index in [9.17, 15) is 13.2 Å². The van der Waals surface area contributed by atoms with E-state index >= 15 is 0 Å². The number of aromatic amines is 1. The smallest absolute Gasteiger partial charge is 0.338 e. The molecule has 0 saturated carbocycles. The second-order valence-corrected chi connectivity index (χ2v) is 8.45. The molecule has 3 rings (SSSR count). The molecule has 1 atom stereocenters. The Labute approximate surface area is 140 Å². The number of hydrogen-bond donors (Lipinski definition) is 2. The molecule has 1 saturated heterocycles. The van der Waals surface area contributed by atoms with Crippen LogP contribution >= 0.6 is 0 Å². The summed E-state index contributed by atoms with van der Waals surface area (Å²) in [7, 11) is -3.01. The second kappa shape index (κ2) is 6.31. The van der Waals surface area contributed by atoms with Gasteiger partial charge in [-0.3, -0.25) is 4.79 Å². The first-order chi connectivity index (χ1) is 11.3. The minimum Gasteiger partial charge on any atom is -0.348 e. The number of nitrogens with zero attached hydrogens (tertiary/aromatic N) is 3. The molecule has 1 fully saturated rings. The van der Waals surface area contributed by atoms with Gasteiger partial charge in [-0.15, -0.1) is 0 Å². The van der Waals surface area contributed by atoms with Crippen LogP contribution < -0.4 is 10.1 Å². The highest BCUT2D eigenvalue weighted by Crippen LogP contribution is 2.15. The largest absolute Gasteiger partial charge is 0.348 e. The van der Waals surface area contributed by atoms with Crippen LogP contribution in [0, 0.1) is 0 Å². The zero-order valence-corrected chi connectivity index (χ0v) is 14.4. The Balaban J connectivity index is 1.68. The summed E-state index contributed by atoms with van der Waals surface area (Å²) in [4.78, 5) is 13.9. The third-order valence-electron chi connectivity index (χ3n) is 3.92. The van der Waals surface area contributed by atoms with Crippen LogP contribution in [0.4, 0.5) is 0 Å². The fraction of sp³-hybridized carbons (Fsp3) is 0.467. The maximum Gasteiger partial charge on any atom is 0.338 e. The summed E-state index contributed by atoms with van der Waals surface area (Å²) in [6.07, 6.45) is 0.471. The second-order valence-electron chi connectivity index (χ2n) is 6.22. The Morgan fingerprint density at radius 3 is 2.58 bits per heavy atom. The van der Waals surface area contributed by atoms with E-state index in [2.05, 4.69) is 20.7 Å². The molecule has 9 heteroatoms. The number of hydrogen-bond acceptors (Lipinski definition) is 5. The predicted molar refractivity (Wildman–Crippen MR) is 86.9 cm³/mol. The molecule has 0 radical (unpaired) electrons. The van der Waals surface area contributed by atoms with Crippen LogP contribution in [-0.4, -0.2) is 47.3 Å². The van der Waals surface area contributed by atoms with E-state index in [-0.39, 0.29) is 29.5 Å². The lowest BCUT2D eigenvalue weighted by Crippen LogP contribution is -2.41. The number of tetrazole rings is 1. The minimum atomic E-state index is -3.01. The highest BCUT2D eigenvalue weighted by molar-refractivity contribution is 7.91. The molecule has 0 bridgehead atoms. The van der Waals surface area contributed by atoms with Crippen molar-refractivity contribution in [2.75, 3.05) is 11.5 Å². The van der Waals surface area contributed by atoms with Crippen LogP contribution in [0.2, 0.25) is 0 Å². The van der Waals surface area contributed by atoms with E-state index in [1.807, 2.05) is 13.8 Å². The topological polar surface area (TPSA) is 109 Å². The fourth-order valence-corrected chi connectivity index (χ4v) is 4.22. The molecule has 1 aromatic carbocycles. The van der Waals surface area contributed by atoms with Crippen molar-refractivity contribution in [3.05, 3.63) is 29.8 Å². The molecule has 2 N–H and O–H groups in total. The highest BCUT2D eigenvalue weighted by atomic mass is 32.2.